The highest BCUT2D eigenvalue weighted by Gasteiger charge is 2.19. The molecule has 3 rings (SSSR count). The molecule has 0 radical (unpaired) electrons. The first-order valence-corrected chi connectivity index (χ1v) is 11.9. The van der Waals surface area contributed by atoms with Crippen molar-refractivity contribution in [1.82, 2.24) is 4.98 Å². The van der Waals surface area contributed by atoms with Gasteiger partial charge in [0.1, 0.15) is 23.7 Å². The van der Waals surface area contributed by atoms with Gasteiger partial charge in [-0.15, -0.1) is 0 Å². The van der Waals surface area contributed by atoms with E-state index < -0.39 is 5.97 Å². The number of esters is 1. The molecule has 3 aromatic rings. The number of carbonyl (C=O) groups excluding carboxylic acids is 1. The first-order chi connectivity index (χ1) is 16.3. The summed E-state index contributed by atoms with van der Waals surface area (Å²) in [5, 5.41) is 0. The summed E-state index contributed by atoms with van der Waals surface area (Å²) in [6.45, 7) is 12.5. The van der Waals surface area contributed by atoms with Crippen LogP contribution in [0.3, 0.4) is 0 Å². The number of methoxy groups -OCH3 is 1. The van der Waals surface area contributed by atoms with Crippen LogP contribution in [0.4, 0.5) is 0 Å². The van der Waals surface area contributed by atoms with E-state index in [4.69, 9.17) is 19.2 Å². The Morgan fingerprint density at radius 1 is 0.971 bits per heavy atom. The Morgan fingerprint density at radius 2 is 1.65 bits per heavy atom. The number of pyridine rings is 1. The van der Waals surface area contributed by atoms with Crippen molar-refractivity contribution in [1.29, 1.82) is 0 Å². The van der Waals surface area contributed by atoms with Crippen molar-refractivity contribution in [2.45, 2.75) is 67.1 Å². The highest BCUT2D eigenvalue weighted by molar-refractivity contribution is 5.92. The van der Waals surface area contributed by atoms with Crippen molar-refractivity contribution < 1.29 is 19.0 Å². The van der Waals surface area contributed by atoms with Gasteiger partial charge in [-0.3, -0.25) is 4.98 Å². The number of hydrogen-bond donors (Lipinski definition) is 0. The molecule has 0 fully saturated rings. The van der Waals surface area contributed by atoms with Gasteiger partial charge in [-0.1, -0.05) is 38.1 Å². The van der Waals surface area contributed by atoms with Crippen LogP contribution >= 0.6 is 0 Å². The number of nitrogens with zero attached hydrogens (tertiary/aromatic N) is 1. The summed E-state index contributed by atoms with van der Waals surface area (Å²) < 4.78 is 17.3. The molecule has 1 heterocycles. The molecule has 34 heavy (non-hydrogen) atoms. The molecule has 0 amide bonds. The fourth-order valence-corrected chi connectivity index (χ4v) is 4.08. The molecule has 0 N–H and O–H groups in total. The van der Waals surface area contributed by atoms with E-state index in [1.807, 2.05) is 45.9 Å². The summed E-state index contributed by atoms with van der Waals surface area (Å²) in [6.07, 6.45) is 1.85. The maximum atomic E-state index is 12.2. The molecule has 0 bridgehead atoms. The number of rotatable bonds is 9. The molecule has 0 saturated heterocycles. The highest BCUT2D eigenvalue weighted by atomic mass is 16.5. The standard InChI is InChI=1S/C29H35NO4/c1-8-21-11-10-12-22(9-2)28(21)25-16-27(34-18(3)4)24(20(6)30-25)17-33-26-15-19(5)13-14-23(26)29(31)32-7/h10-16,18H,8-9,17H2,1-7H3. The van der Waals surface area contributed by atoms with E-state index in [1.165, 1.54) is 23.8 Å². The van der Waals surface area contributed by atoms with Gasteiger partial charge in [0.2, 0.25) is 0 Å². The normalized spacial score (nSPS) is 10.9. The maximum absolute atomic E-state index is 12.2. The predicted molar refractivity (Wildman–Crippen MR) is 136 cm³/mol. The second kappa shape index (κ2) is 11.2. The van der Waals surface area contributed by atoms with E-state index in [-0.39, 0.29) is 12.7 Å². The molecule has 5 nitrogen and oxygen atoms in total. The van der Waals surface area contributed by atoms with Crippen molar-refractivity contribution in [3.63, 3.8) is 0 Å². The Morgan fingerprint density at radius 3 is 2.24 bits per heavy atom. The second-order valence-electron chi connectivity index (χ2n) is 8.67. The quantitative estimate of drug-likeness (QED) is 0.334. The lowest BCUT2D eigenvalue weighted by atomic mass is 9.94. The van der Waals surface area contributed by atoms with Gasteiger partial charge >= 0.3 is 5.97 Å². The van der Waals surface area contributed by atoms with Crippen molar-refractivity contribution >= 4 is 5.97 Å². The van der Waals surface area contributed by atoms with E-state index >= 15 is 0 Å². The topological polar surface area (TPSA) is 57.7 Å². The molecule has 1 aromatic heterocycles. The van der Waals surface area contributed by atoms with Crippen LogP contribution in [0.1, 0.15) is 66.0 Å². The number of ether oxygens (including phenoxy) is 3. The number of carbonyl (C=O) groups is 1. The Kier molecular flexibility index (Phi) is 8.32. The van der Waals surface area contributed by atoms with Gasteiger partial charge in [0.15, 0.2) is 0 Å². The average molecular weight is 462 g/mol. The number of aryl methyl sites for hydroxylation is 4. The van der Waals surface area contributed by atoms with Crippen molar-refractivity contribution in [3.05, 3.63) is 76.0 Å². The third kappa shape index (κ3) is 5.58. The smallest absolute Gasteiger partial charge is 0.341 e. The van der Waals surface area contributed by atoms with Crippen LogP contribution in [0.25, 0.3) is 11.3 Å². The Balaban J connectivity index is 2.06. The van der Waals surface area contributed by atoms with E-state index in [1.54, 1.807) is 6.07 Å². The SMILES string of the molecule is CCc1cccc(CC)c1-c1cc(OC(C)C)c(COc2cc(C)ccc2C(=O)OC)c(C)n1. The molecule has 5 heteroatoms. The van der Waals surface area contributed by atoms with Crippen LogP contribution in [-0.4, -0.2) is 24.2 Å². The Bertz CT molecular complexity index is 1140. The molecule has 2 aromatic carbocycles. The minimum absolute atomic E-state index is 0.00920. The minimum Gasteiger partial charge on any atom is -0.490 e. The van der Waals surface area contributed by atoms with Crippen molar-refractivity contribution in [2.75, 3.05) is 7.11 Å². The van der Waals surface area contributed by atoms with Crippen molar-refractivity contribution in [3.8, 4) is 22.8 Å². The van der Waals surface area contributed by atoms with Gasteiger partial charge in [-0.2, -0.15) is 0 Å². The van der Waals surface area contributed by atoms with E-state index in [0.29, 0.717) is 11.3 Å². The third-order valence-corrected chi connectivity index (χ3v) is 5.82. The summed E-state index contributed by atoms with van der Waals surface area (Å²) in [4.78, 5) is 17.2. The molecule has 0 spiro atoms. The zero-order chi connectivity index (χ0) is 24.8. The first kappa shape index (κ1) is 25.3. The fourth-order valence-electron chi connectivity index (χ4n) is 4.08. The maximum Gasteiger partial charge on any atom is 0.341 e. The van der Waals surface area contributed by atoms with Gasteiger partial charge in [-0.05, 0) is 69.4 Å². The minimum atomic E-state index is -0.429. The fraction of sp³-hybridized carbons (Fsp3) is 0.379. The number of benzene rings is 2. The second-order valence-corrected chi connectivity index (χ2v) is 8.67. The summed E-state index contributed by atoms with van der Waals surface area (Å²) >= 11 is 0. The van der Waals surface area contributed by atoms with Gasteiger partial charge in [-0.25, -0.2) is 4.79 Å². The molecule has 0 atom stereocenters. The zero-order valence-corrected chi connectivity index (χ0v) is 21.3. The van der Waals surface area contributed by atoms with Gasteiger partial charge in [0.25, 0.3) is 0 Å². The molecule has 0 saturated carbocycles. The zero-order valence-electron chi connectivity index (χ0n) is 21.3. The van der Waals surface area contributed by atoms with Crippen molar-refractivity contribution in [2.24, 2.45) is 0 Å². The average Bonchev–Trinajstić information content (AvgIpc) is 2.82. The van der Waals surface area contributed by atoms with Gasteiger partial charge in [0, 0.05) is 17.3 Å². The summed E-state index contributed by atoms with van der Waals surface area (Å²) in [6, 6.07) is 13.9. The predicted octanol–water partition coefficient (Wildman–Crippen LogP) is 6.64. The molecule has 0 unspecified atom stereocenters. The van der Waals surface area contributed by atoms with Crippen LogP contribution in [0.2, 0.25) is 0 Å². The third-order valence-electron chi connectivity index (χ3n) is 5.82. The van der Waals surface area contributed by atoms with Crippen LogP contribution in [-0.2, 0) is 24.2 Å². The van der Waals surface area contributed by atoms with E-state index in [2.05, 4.69) is 32.0 Å². The summed E-state index contributed by atoms with van der Waals surface area (Å²) in [7, 11) is 1.37. The Hall–Kier alpha value is -3.34. The van der Waals surface area contributed by atoms with Crippen LogP contribution in [0.15, 0.2) is 42.5 Å². The first-order valence-electron chi connectivity index (χ1n) is 11.9. The lowest BCUT2D eigenvalue weighted by Crippen LogP contribution is -2.12. The van der Waals surface area contributed by atoms with E-state index in [0.717, 1.165) is 41.1 Å². The van der Waals surface area contributed by atoms with Crippen LogP contribution in [0.5, 0.6) is 11.5 Å². The monoisotopic (exact) mass is 461 g/mol. The molecule has 0 aliphatic heterocycles. The molecule has 0 aliphatic carbocycles. The number of hydrogen-bond acceptors (Lipinski definition) is 5. The van der Waals surface area contributed by atoms with Gasteiger partial charge < -0.3 is 14.2 Å². The molecule has 180 valence electrons. The lowest BCUT2D eigenvalue weighted by Gasteiger charge is -2.20. The van der Waals surface area contributed by atoms with Crippen LogP contribution in [0, 0.1) is 13.8 Å². The summed E-state index contributed by atoms with van der Waals surface area (Å²) in [5.74, 6) is 0.801. The highest BCUT2D eigenvalue weighted by Crippen LogP contribution is 2.34. The van der Waals surface area contributed by atoms with Gasteiger partial charge in [0.05, 0.1) is 24.5 Å². The Labute approximate surface area is 203 Å². The van der Waals surface area contributed by atoms with E-state index in [9.17, 15) is 4.79 Å². The summed E-state index contributed by atoms with van der Waals surface area (Å²) in [5.41, 5.74) is 7.73. The number of aromatic nitrogens is 1. The lowest BCUT2D eigenvalue weighted by molar-refractivity contribution is 0.0595. The largest absolute Gasteiger partial charge is 0.490 e. The molecule has 0 aliphatic rings. The van der Waals surface area contributed by atoms with Crippen LogP contribution < -0.4 is 9.47 Å². The molecular weight excluding hydrogens is 426 g/mol. The molecular formula is C29H35NO4.